The molecule has 7 N–H and O–H groups in total. The fourth-order valence-electron chi connectivity index (χ4n) is 16.6. The molecule has 0 heterocycles. The van der Waals surface area contributed by atoms with E-state index in [1.807, 2.05) is 24.3 Å². The molecule has 666 valence electrons. The van der Waals surface area contributed by atoms with Gasteiger partial charge in [-0.1, -0.05) is 58.0 Å². The normalized spacial score (nSPS) is 25.6. The molecule has 18 rings (SSSR count). The topological polar surface area (TPSA) is 281 Å². The van der Waals surface area contributed by atoms with E-state index in [9.17, 15) is 46.8 Å². The zero-order chi connectivity index (χ0) is 88.6. The van der Waals surface area contributed by atoms with Gasteiger partial charge in [-0.25, -0.2) is 0 Å². The Morgan fingerprint density at radius 1 is 0.325 bits per heavy atom. The van der Waals surface area contributed by atoms with Crippen molar-refractivity contribution in [1.82, 2.24) is 0 Å². The number of alkyl halides is 6. The minimum Gasteiger partial charge on any atom is -0.490 e. The van der Waals surface area contributed by atoms with Gasteiger partial charge >= 0.3 is 18.3 Å². The van der Waals surface area contributed by atoms with Crippen molar-refractivity contribution in [3.05, 3.63) is 188 Å². The second-order valence-corrected chi connectivity index (χ2v) is 36.2. The predicted molar refractivity (Wildman–Crippen MR) is 451 cm³/mol. The quantitative estimate of drug-likeness (QED) is 0.0311. The highest BCUT2D eigenvalue weighted by Gasteiger charge is 2.53. The zero-order valence-electron chi connectivity index (χ0n) is 72.2. The lowest BCUT2D eigenvalue weighted by Crippen LogP contribution is -2.37. The number of ether oxygens (including phenoxy) is 10. The first-order valence-corrected chi connectivity index (χ1v) is 43.4. The van der Waals surface area contributed by atoms with Crippen LogP contribution in [-0.2, 0) is 23.7 Å². The number of aliphatic hydroxyl groups excluding tert-OH is 7. The van der Waals surface area contributed by atoms with Crippen LogP contribution >= 0.6 is 0 Å². The fraction of sp³-hybridized carbons (Fsp3) is 0.551. The average molecular weight is 1710 g/mol. The number of hydrogen-bond donors (Lipinski definition) is 7. The summed E-state index contributed by atoms with van der Waals surface area (Å²) >= 11 is 0. The number of aryl methyl sites for hydroxylation is 4. The van der Waals surface area contributed by atoms with E-state index in [2.05, 4.69) is 92.2 Å². The van der Waals surface area contributed by atoms with Gasteiger partial charge in [0.2, 0.25) is 0 Å². The van der Waals surface area contributed by atoms with Crippen LogP contribution in [0.5, 0.6) is 57.5 Å². The largest absolute Gasteiger partial charge is 0.490 e. The van der Waals surface area contributed by atoms with Crippen LogP contribution in [0.4, 0.5) is 26.3 Å². The van der Waals surface area contributed by atoms with Crippen molar-refractivity contribution in [2.45, 2.75) is 344 Å². The zero-order valence-corrected chi connectivity index (χ0v) is 72.2. The lowest BCUT2D eigenvalue weighted by atomic mass is 9.91. The Bertz CT molecular complexity index is 4530. The predicted octanol–water partition coefficient (Wildman–Crippen LogP) is 19.3. The molecule has 0 atom stereocenters. The number of nitrogens with zero attached hydrogens (tertiary/aromatic N) is 2. The molecule has 11 aliphatic rings. The molecule has 9 saturated carbocycles. The Morgan fingerprint density at radius 3 is 0.870 bits per heavy atom. The first-order chi connectivity index (χ1) is 58.1. The van der Waals surface area contributed by atoms with E-state index >= 15 is 0 Å². The summed E-state index contributed by atoms with van der Waals surface area (Å²) in [4.78, 5) is 0. The molecule has 9 fully saturated rings. The van der Waals surface area contributed by atoms with E-state index in [-0.39, 0.29) is 103 Å². The summed E-state index contributed by atoms with van der Waals surface area (Å²) in [5, 5.41) is 82.5. The smallest absolute Gasteiger partial charge is 0.394 e. The number of rotatable bonds is 22. The summed E-state index contributed by atoms with van der Waals surface area (Å²) in [6, 6.07) is 40.0. The molecule has 7 aromatic carbocycles. The molecule has 0 saturated heterocycles. The van der Waals surface area contributed by atoms with Crippen molar-refractivity contribution in [2.75, 3.05) is 0 Å². The average Bonchev–Trinajstić information content (AvgIpc) is 1.57. The molecule has 0 aromatic heterocycles. The minimum absolute atomic E-state index is 0.0395. The molecule has 123 heavy (non-hydrogen) atoms. The number of benzene rings is 7. The van der Waals surface area contributed by atoms with Gasteiger partial charge in [0, 0.05) is 140 Å². The van der Waals surface area contributed by atoms with Crippen LogP contribution in [0.15, 0.2) is 121 Å². The highest BCUT2D eigenvalue weighted by Crippen LogP contribution is 2.62. The molecule has 2 spiro atoms. The maximum atomic E-state index is 12.8. The van der Waals surface area contributed by atoms with E-state index < -0.39 is 18.3 Å². The Labute approximate surface area is 718 Å². The highest BCUT2D eigenvalue weighted by molar-refractivity contribution is 5.57. The number of nitriles is 2. The molecule has 25 heteroatoms. The van der Waals surface area contributed by atoms with Crippen LogP contribution in [0.25, 0.3) is 0 Å². The number of halogens is 6. The minimum atomic E-state index is -3.21. The maximum absolute atomic E-state index is 12.8. The molecule has 11 aliphatic carbocycles. The molecular formula is C98H120F6N2O17. The van der Waals surface area contributed by atoms with Crippen molar-refractivity contribution >= 4 is 0 Å². The number of fused-ring (bicyclic) bond motifs is 4. The molecule has 0 amide bonds. The van der Waals surface area contributed by atoms with Gasteiger partial charge < -0.3 is 83.1 Å². The van der Waals surface area contributed by atoms with Gasteiger partial charge in [-0.3, -0.25) is 0 Å². The summed E-state index contributed by atoms with van der Waals surface area (Å²) in [6.07, 6.45) is 9.31. The highest BCUT2D eigenvalue weighted by atomic mass is 19.3. The summed E-state index contributed by atoms with van der Waals surface area (Å²) in [5.41, 5.74) is 14.6. The van der Waals surface area contributed by atoms with Crippen LogP contribution in [0, 0.1) is 50.4 Å². The lowest BCUT2D eigenvalue weighted by molar-refractivity contribution is -0.160. The molecule has 0 aliphatic heterocycles. The van der Waals surface area contributed by atoms with Crippen molar-refractivity contribution in [3.63, 3.8) is 0 Å². The molecular weight excluding hydrogens is 1590 g/mol. The van der Waals surface area contributed by atoms with Gasteiger partial charge in [-0.2, -0.15) is 36.9 Å². The summed E-state index contributed by atoms with van der Waals surface area (Å²) in [7, 11) is 0. The van der Waals surface area contributed by atoms with Gasteiger partial charge in [0.05, 0.1) is 66.0 Å². The molecule has 0 bridgehead atoms. The second kappa shape index (κ2) is 39.6. The van der Waals surface area contributed by atoms with Crippen molar-refractivity contribution < 1.29 is 109 Å². The number of hydrogen-bond acceptors (Lipinski definition) is 19. The van der Waals surface area contributed by atoms with Gasteiger partial charge in [-0.15, -0.1) is 0 Å². The SMILES string of the molecule is CC(C)c1cc(OC2CC(O)C2)ccc1C#N.CC(C)c1cc(OC2CC(O)C2)ccc1C#N.CC(F)(F)Oc1cccc(OC2CC(O)C2)c1.Cc1ccc(OC2CC(O)C2)c2c1CCC21CC1.Cc1ccc(OC2CC(O)C2)c2c1CCC21CC1.Cc1ccc(OC2CC(O)C2)cc1OC(C)(F)F.Cc1ccc(OC2CC(O)C2)cc1OC(C)(F)F. The third-order valence-electron chi connectivity index (χ3n) is 24.6. The lowest BCUT2D eigenvalue weighted by Gasteiger charge is -2.33. The number of aliphatic hydroxyl groups is 7. The van der Waals surface area contributed by atoms with E-state index in [1.165, 1.54) is 97.9 Å². The van der Waals surface area contributed by atoms with E-state index in [4.69, 9.17) is 59.0 Å². The van der Waals surface area contributed by atoms with Gasteiger partial charge in [0.1, 0.15) is 100 Å². The van der Waals surface area contributed by atoms with Crippen molar-refractivity contribution in [1.29, 1.82) is 10.5 Å². The molecule has 7 aromatic rings. The third kappa shape index (κ3) is 25.8. The fourth-order valence-corrected chi connectivity index (χ4v) is 16.6. The van der Waals surface area contributed by atoms with Crippen LogP contribution < -0.4 is 47.4 Å². The van der Waals surface area contributed by atoms with Crippen molar-refractivity contribution in [2.24, 2.45) is 0 Å². The Balaban J connectivity index is 0.000000131. The summed E-state index contributed by atoms with van der Waals surface area (Å²) < 4.78 is 130. The van der Waals surface area contributed by atoms with Crippen molar-refractivity contribution in [3.8, 4) is 69.6 Å². The molecule has 19 nitrogen and oxygen atoms in total. The Hall–Kier alpha value is -9.18. The van der Waals surface area contributed by atoms with E-state index in [0.717, 1.165) is 59.8 Å². The molecule has 0 radical (unpaired) electrons. The van der Waals surface area contributed by atoms with Crippen LogP contribution in [-0.4, -0.2) is 140 Å². The van der Waals surface area contributed by atoms with E-state index in [0.29, 0.717) is 147 Å². The molecule has 0 unspecified atom stereocenters. The Kier molecular flexibility index (Phi) is 29.9. The third-order valence-corrected chi connectivity index (χ3v) is 24.6. The van der Waals surface area contributed by atoms with Crippen LogP contribution in [0.3, 0.4) is 0 Å². The first-order valence-electron chi connectivity index (χ1n) is 43.4. The van der Waals surface area contributed by atoms with E-state index in [1.54, 1.807) is 73.5 Å². The monoisotopic (exact) mass is 1710 g/mol. The van der Waals surface area contributed by atoms with Gasteiger partial charge in [0.25, 0.3) is 0 Å². The first kappa shape index (κ1) is 93.0. The Morgan fingerprint density at radius 2 is 0.593 bits per heavy atom. The summed E-state index contributed by atoms with van der Waals surface area (Å²) in [6.45, 7) is 18.2. The summed E-state index contributed by atoms with van der Waals surface area (Å²) in [5.74, 6) is 6.16. The van der Waals surface area contributed by atoms with Gasteiger partial charge in [0.15, 0.2) is 0 Å². The second-order valence-electron chi connectivity index (χ2n) is 36.2. The maximum Gasteiger partial charge on any atom is 0.394 e. The standard InChI is InChI=1S/2C16H20O2.2C14H17NO2.2C13H16F2O3.C12H14F2O3/c2*1-10-2-3-14(18-12-8-11(17)9-12)15-13(10)4-5-16(15)6-7-16;2*1-9(2)14-7-12(4-3-10(14)8-15)17-13-5-11(16)6-13;2*1-8-3-4-10(17-11-5-9(16)6-11)7-12(8)18-13(2,14)15;1-12(13,14)17-10-4-2-3-9(7-10)16-11-5-8(15)6-11/h2*2-3,11-12,17H,4-9H2,1H3;2*3-4,7,9,11,13,16H,5-6H2,1-2H3;2*3-4,7,9,11,16H,5-6H2,1-2H3;2-4,7-8,11,15H,5-6H2,1H3. The van der Waals surface area contributed by atoms with Gasteiger partial charge in [-0.05, 0) is 219 Å². The van der Waals surface area contributed by atoms with Crippen LogP contribution in [0.2, 0.25) is 0 Å². The van der Waals surface area contributed by atoms with Crippen LogP contribution in [0.1, 0.15) is 255 Å².